The van der Waals surface area contributed by atoms with Crippen molar-refractivity contribution in [3.05, 3.63) is 0 Å². The third-order valence-corrected chi connectivity index (χ3v) is 4.31. The number of carbonyl (C=O) groups is 1. The molecule has 3 N–H and O–H groups in total. The van der Waals surface area contributed by atoms with E-state index >= 15 is 0 Å². The van der Waals surface area contributed by atoms with Crippen LogP contribution in [0.15, 0.2) is 0 Å². The monoisotopic (exact) mass is 284 g/mol. The highest BCUT2D eigenvalue weighted by Crippen LogP contribution is 2.13. The zero-order chi connectivity index (χ0) is 15.3. The second-order valence-corrected chi connectivity index (χ2v) is 6.56. The summed E-state index contributed by atoms with van der Waals surface area (Å²) in [5, 5.41) is 3.32. The SMILES string of the molecule is CCC(C)N1CCN(CC(C)(NC(C)C)C(N)=O)CC1. The zero-order valence-corrected chi connectivity index (χ0v) is 13.8. The van der Waals surface area contributed by atoms with E-state index < -0.39 is 5.54 Å². The van der Waals surface area contributed by atoms with Gasteiger partial charge in [-0.25, -0.2) is 0 Å². The fourth-order valence-electron chi connectivity index (χ4n) is 2.90. The molecule has 1 saturated heterocycles. The summed E-state index contributed by atoms with van der Waals surface area (Å²) >= 11 is 0. The van der Waals surface area contributed by atoms with Crippen molar-refractivity contribution >= 4 is 5.91 Å². The van der Waals surface area contributed by atoms with Crippen LogP contribution in [0.1, 0.15) is 41.0 Å². The average Bonchev–Trinajstić information content (AvgIpc) is 2.37. The average molecular weight is 284 g/mol. The molecule has 1 rings (SSSR count). The second-order valence-electron chi connectivity index (χ2n) is 6.56. The highest BCUT2D eigenvalue weighted by Gasteiger charge is 2.34. The van der Waals surface area contributed by atoms with E-state index in [0.29, 0.717) is 12.6 Å². The first-order valence-corrected chi connectivity index (χ1v) is 7.82. The van der Waals surface area contributed by atoms with Gasteiger partial charge in [0.1, 0.15) is 5.54 Å². The van der Waals surface area contributed by atoms with Gasteiger partial charge in [-0.05, 0) is 34.1 Å². The van der Waals surface area contributed by atoms with Crippen LogP contribution in [0.3, 0.4) is 0 Å². The van der Waals surface area contributed by atoms with Gasteiger partial charge in [-0.1, -0.05) is 6.92 Å². The van der Waals surface area contributed by atoms with Gasteiger partial charge in [-0.2, -0.15) is 0 Å². The lowest BCUT2D eigenvalue weighted by atomic mass is 9.99. The summed E-state index contributed by atoms with van der Waals surface area (Å²) in [4.78, 5) is 16.6. The summed E-state index contributed by atoms with van der Waals surface area (Å²) in [6.07, 6.45) is 1.19. The molecule has 0 aromatic rings. The van der Waals surface area contributed by atoms with E-state index in [2.05, 4.69) is 29.0 Å². The quantitative estimate of drug-likeness (QED) is 0.720. The smallest absolute Gasteiger partial charge is 0.238 e. The standard InChI is InChI=1S/C15H32N4O/c1-6-13(4)19-9-7-18(8-10-19)11-15(5,14(16)20)17-12(2)3/h12-13,17H,6-11H2,1-5H3,(H2,16,20). The van der Waals surface area contributed by atoms with E-state index in [1.165, 1.54) is 6.42 Å². The van der Waals surface area contributed by atoms with E-state index in [1.54, 1.807) is 0 Å². The van der Waals surface area contributed by atoms with Gasteiger partial charge in [0.25, 0.3) is 0 Å². The van der Waals surface area contributed by atoms with Gasteiger partial charge in [0.05, 0.1) is 0 Å². The molecule has 0 saturated carbocycles. The maximum absolute atomic E-state index is 11.8. The first-order chi connectivity index (χ1) is 9.28. The predicted molar refractivity (Wildman–Crippen MR) is 83.6 cm³/mol. The minimum atomic E-state index is -0.646. The lowest BCUT2D eigenvalue weighted by Gasteiger charge is -2.41. The van der Waals surface area contributed by atoms with Gasteiger partial charge in [0.15, 0.2) is 0 Å². The number of piperazine rings is 1. The Morgan fingerprint density at radius 1 is 1.25 bits per heavy atom. The van der Waals surface area contributed by atoms with Gasteiger partial charge >= 0.3 is 0 Å². The van der Waals surface area contributed by atoms with Crippen molar-refractivity contribution in [2.24, 2.45) is 5.73 Å². The number of hydrogen-bond donors (Lipinski definition) is 2. The second kappa shape index (κ2) is 7.38. The molecular formula is C15H32N4O. The van der Waals surface area contributed by atoms with Crippen molar-refractivity contribution < 1.29 is 4.79 Å². The number of rotatable bonds is 7. The fourth-order valence-corrected chi connectivity index (χ4v) is 2.90. The van der Waals surface area contributed by atoms with Gasteiger partial charge in [0, 0.05) is 44.8 Å². The Morgan fingerprint density at radius 2 is 1.80 bits per heavy atom. The summed E-state index contributed by atoms with van der Waals surface area (Å²) in [5.74, 6) is -0.268. The summed E-state index contributed by atoms with van der Waals surface area (Å²) in [6.45, 7) is 15.4. The molecule has 20 heavy (non-hydrogen) atoms. The number of nitrogens with two attached hydrogens (primary N) is 1. The molecule has 1 fully saturated rings. The van der Waals surface area contributed by atoms with Crippen LogP contribution in [0, 0.1) is 0 Å². The Kier molecular flexibility index (Phi) is 6.43. The number of hydrogen-bond acceptors (Lipinski definition) is 4. The molecule has 5 nitrogen and oxygen atoms in total. The largest absolute Gasteiger partial charge is 0.368 e. The van der Waals surface area contributed by atoms with E-state index in [4.69, 9.17) is 5.73 Å². The molecule has 1 aliphatic rings. The molecule has 0 bridgehead atoms. The normalized spacial score (nSPS) is 22.7. The molecule has 118 valence electrons. The summed E-state index contributed by atoms with van der Waals surface area (Å²) < 4.78 is 0. The first kappa shape index (κ1) is 17.4. The highest BCUT2D eigenvalue weighted by atomic mass is 16.1. The van der Waals surface area contributed by atoms with Gasteiger partial charge in [-0.15, -0.1) is 0 Å². The van der Waals surface area contributed by atoms with Crippen molar-refractivity contribution in [2.45, 2.75) is 58.7 Å². The molecule has 0 aromatic carbocycles. The Morgan fingerprint density at radius 3 is 2.20 bits per heavy atom. The lowest BCUT2D eigenvalue weighted by Crippen LogP contribution is -2.63. The maximum Gasteiger partial charge on any atom is 0.238 e. The van der Waals surface area contributed by atoms with Gasteiger partial charge in [0.2, 0.25) is 5.91 Å². The fraction of sp³-hybridized carbons (Fsp3) is 0.933. The van der Waals surface area contributed by atoms with Crippen molar-refractivity contribution in [1.82, 2.24) is 15.1 Å². The van der Waals surface area contributed by atoms with Gasteiger partial charge < -0.3 is 11.1 Å². The molecule has 2 atom stereocenters. The van der Waals surface area contributed by atoms with Gasteiger partial charge in [-0.3, -0.25) is 14.6 Å². The first-order valence-electron chi connectivity index (χ1n) is 7.82. The Hall–Kier alpha value is -0.650. The van der Waals surface area contributed by atoms with Crippen LogP contribution in [0.2, 0.25) is 0 Å². The van der Waals surface area contributed by atoms with Crippen molar-refractivity contribution in [3.8, 4) is 0 Å². The summed E-state index contributed by atoms with van der Waals surface area (Å²) in [6, 6.07) is 0.891. The molecular weight excluding hydrogens is 252 g/mol. The number of amides is 1. The van der Waals surface area contributed by atoms with E-state index in [1.807, 2.05) is 20.8 Å². The Balaban J connectivity index is 2.54. The molecule has 1 amide bonds. The topological polar surface area (TPSA) is 61.6 Å². The number of carbonyl (C=O) groups excluding carboxylic acids is 1. The van der Waals surface area contributed by atoms with Crippen LogP contribution < -0.4 is 11.1 Å². The van der Waals surface area contributed by atoms with Crippen molar-refractivity contribution in [1.29, 1.82) is 0 Å². The number of nitrogens with one attached hydrogen (secondary N) is 1. The molecule has 0 radical (unpaired) electrons. The van der Waals surface area contributed by atoms with E-state index in [-0.39, 0.29) is 11.9 Å². The number of nitrogens with zero attached hydrogens (tertiary/aromatic N) is 2. The van der Waals surface area contributed by atoms with Crippen LogP contribution in [-0.2, 0) is 4.79 Å². The van der Waals surface area contributed by atoms with E-state index in [9.17, 15) is 4.79 Å². The highest BCUT2D eigenvalue weighted by molar-refractivity contribution is 5.84. The third kappa shape index (κ3) is 4.72. The third-order valence-electron chi connectivity index (χ3n) is 4.31. The molecule has 0 aliphatic carbocycles. The molecule has 2 unspecified atom stereocenters. The number of primary amides is 1. The van der Waals surface area contributed by atoms with Crippen LogP contribution in [0.25, 0.3) is 0 Å². The van der Waals surface area contributed by atoms with Crippen LogP contribution >= 0.6 is 0 Å². The Labute approximate surface area is 123 Å². The van der Waals surface area contributed by atoms with Crippen molar-refractivity contribution in [3.63, 3.8) is 0 Å². The summed E-state index contributed by atoms with van der Waals surface area (Å²) in [5.41, 5.74) is 4.95. The maximum atomic E-state index is 11.8. The minimum Gasteiger partial charge on any atom is -0.368 e. The summed E-state index contributed by atoms with van der Waals surface area (Å²) in [7, 11) is 0. The molecule has 5 heteroatoms. The van der Waals surface area contributed by atoms with Crippen LogP contribution in [-0.4, -0.2) is 66.1 Å². The minimum absolute atomic E-state index is 0.244. The van der Waals surface area contributed by atoms with Crippen LogP contribution in [0.5, 0.6) is 0 Å². The van der Waals surface area contributed by atoms with Crippen LogP contribution in [0.4, 0.5) is 0 Å². The molecule has 0 spiro atoms. The Bertz CT molecular complexity index is 313. The predicted octanol–water partition coefficient (Wildman–Crippen LogP) is 0.645. The molecule has 1 aliphatic heterocycles. The zero-order valence-electron chi connectivity index (χ0n) is 13.8. The van der Waals surface area contributed by atoms with Crippen molar-refractivity contribution in [2.75, 3.05) is 32.7 Å². The van der Waals surface area contributed by atoms with E-state index in [0.717, 1.165) is 26.2 Å². The molecule has 1 heterocycles. The lowest BCUT2D eigenvalue weighted by molar-refractivity contribution is -0.125. The molecule has 0 aromatic heterocycles.